The third-order valence-electron chi connectivity index (χ3n) is 3.72. The van der Waals surface area contributed by atoms with Crippen molar-refractivity contribution in [3.8, 4) is 5.69 Å². The zero-order chi connectivity index (χ0) is 17.3. The molecule has 1 unspecified atom stereocenters. The third kappa shape index (κ3) is 3.32. The van der Waals surface area contributed by atoms with Gasteiger partial charge in [0.05, 0.1) is 16.3 Å². The minimum atomic E-state index is -0.292. The Morgan fingerprint density at radius 1 is 1.42 bits per heavy atom. The van der Waals surface area contributed by atoms with E-state index < -0.39 is 0 Å². The second-order valence-corrected chi connectivity index (χ2v) is 6.86. The van der Waals surface area contributed by atoms with Crippen molar-refractivity contribution >= 4 is 27.5 Å². The molecule has 0 saturated heterocycles. The lowest BCUT2D eigenvalue weighted by Gasteiger charge is -2.06. The predicted octanol–water partition coefficient (Wildman–Crippen LogP) is 3.00. The van der Waals surface area contributed by atoms with E-state index in [0.717, 1.165) is 28.0 Å². The Labute approximate surface area is 143 Å². The van der Waals surface area contributed by atoms with Gasteiger partial charge in [0.15, 0.2) is 0 Å². The van der Waals surface area contributed by atoms with Crippen molar-refractivity contribution < 1.29 is 9.18 Å². The number of benzene rings is 1. The molecule has 2 aromatic heterocycles. The van der Waals surface area contributed by atoms with E-state index >= 15 is 0 Å². The first-order valence-corrected chi connectivity index (χ1v) is 8.56. The van der Waals surface area contributed by atoms with E-state index in [1.54, 1.807) is 16.8 Å². The van der Waals surface area contributed by atoms with Crippen molar-refractivity contribution in [3.05, 3.63) is 46.7 Å². The van der Waals surface area contributed by atoms with Crippen LogP contribution in [0.5, 0.6) is 0 Å². The highest BCUT2D eigenvalue weighted by Gasteiger charge is 2.17. The molecule has 0 radical (unpaired) electrons. The number of fused-ring (bicyclic) bond motifs is 1. The summed E-state index contributed by atoms with van der Waals surface area (Å²) in [6.45, 7) is 4.35. The van der Waals surface area contributed by atoms with Crippen LogP contribution in [0.4, 0.5) is 4.39 Å². The molecule has 3 N–H and O–H groups in total. The molecular weight excluding hydrogens is 327 g/mol. The van der Waals surface area contributed by atoms with E-state index in [4.69, 9.17) is 5.73 Å². The maximum atomic E-state index is 13.1. The first-order valence-electron chi connectivity index (χ1n) is 7.74. The molecular formula is C17H19FN4OS. The lowest BCUT2D eigenvalue weighted by atomic mass is 10.2. The van der Waals surface area contributed by atoms with E-state index in [1.165, 1.54) is 23.5 Å². The van der Waals surface area contributed by atoms with Crippen LogP contribution in [0, 0.1) is 12.7 Å². The molecule has 1 aromatic carbocycles. The minimum absolute atomic E-state index is 0.0574. The lowest BCUT2D eigenvalue weighted by molar-refractivity contribution is 0.0957. The quantitative estimate of drug-likeness (QED) is 0.746. The van der Waals surface area contributed by atoms with E-state index in [9.17, 15) is 9.18 Å². The zero-order valence-electron chi connectivity index (χ0n) is 13.5. The van der Waals surface area contributed by atoms with Crippen LogP contribution in [-0.4, -0.2) is 28.3 Å². The Balaban J connectivity index is 1.89. The Morgan fingerprint density at radius 3 is 2.79 bits per heavy atom. The highest BCUT2D eigenvalue weighted by atomic mass is 32.1. The first-order chi connectivity index (χ1) is 11.5. The average Bonchev–Trinajstić information content (AvgIpc) is 3.09. The summed E-state index contributed by atoms with van der Waals surface area (Å²) in [5.74, 6) is -0.402. The summed E-state index contributed by atoms with van der Waals surface area (Å²) >= 11 is 1.37. The van der Waals surface area contributed by atoms with Crippen molar-refractivity contribution in [1.82, 2.24) is 15.1 Å². The fourth-order valence-corrected chi connectivity index (χ4v) is 3.52. The number of carbonyl (C=O) groups excluding carboxylic acids is 1. The number of nitrogens with zero attached hydrogens (tertiary/aromatic N) is 2. The van der Waals surface area contributed by atoms with Gasteiger partial charge in [0.2, 0.25) is 0 Å². The van der Waals surface area contributed by atoms with Crippen molar-refractivity contribution in [2.45, 2.75) is 26.3 Å². The Morgan fingerprint density at radius 2 is 2.12 bits per heavy atom. The van der Waals surface area contributed by atoms with Gasteiger partial charge in [-0.05, 0) is 50.6 Å². The standard InChI is InChI=1S/C17H19FN4OS/c1-10(19)7-8-20-16(23)15-9-14-11(2)21-22(17(14)24-15)13-5-3-12(18)4-6-13/h3-6,9-10H,7-8,19H2,1-2H3,(H,20,23). The van der Waals surface area contributed by atoms with E-state index in [0.29, 0.717) is 11.4 Å². The fourth-order valence-electron chi connectivity index (χ4n) is 2.42. The van der Waals surface area contributed by atoms with Gasteiger partial charge < -0.3 is 11.1 Å². The Kier molecular flexibility index (Phi) is 4.64. The number of aromatic nitrogens is 2. The maximum Gasteiger partial charge on any atom is 0.261 e. The molecule has 5 nitrogen and oxygen atoms in total. The second-order valence-electron chi connectivity index (χ2n) is 5.82. The molecule has 7 heteroatoms. The Hall–Kier alpha value is -2.25. The molecule has 0 saturated carbocycles. The van der Waals surface area contributed by atoms with Crippen LogP contribution in [0.25, 0.3) is 15.9 Å². The summed E-state index contributed by atoms with van der Waals surface area (Å²) in [5.41, 5.74) is 7.29. The SMILES string of the molecule is Cc1nn(-c2ccc(F)cc2)c2sc(C(=O)NCCC(C)N)cc12. The van der Waals surface area contributed by atoms with Crippen LogP contribution in [-0.2, 0) is 0 Å². The number of nitrogens with two attached hydrogens (primary N) is 1. The summed E-state index contributed by atoms with van der Waals surface area (Å²) in [5, 5.41) is 8.30. The molecule has 3 rings (SSSR count). The van der Waals surface area contributed by atoms with Gasteiger partial charge in [-0.3, -0.25) is 4.79 Å². The van der Waals surface area contributed by atoms with Gasteiger partial charge in [-0.2, -0.15) is 5.10 Å². The molecule has 0 aliphatic rings. The molecule has 0 bridgehead atoms. The number of halogens is 1. The topological polar surface area (TPSA) is 72.9 Å². The molecule has 24 heavy (non-hydrogen) atoms. The van der Waals surface area contributed by atoms with Gasteiger partial charge in [-0.25, -0.2) is 9.07 Å². The summed E-state index contributed by atoms with van der Waals surface area (Å²) in [6, 6.07) is 8.04. The van der Waals surface area contributed by atoms with Gasteiger partial charge >= 0.3 is 0 Å². The highest BCUT2D eigenvalue weighted by Crippen LogP contribution is 2.30. The van der Waals surface area contributed by atoms with Crippen LogP contribution >= 0.6 is 11.3 Å². The van der Waals surface area contributed by atoms with Crippen molar-refractivity contribution in [2.24, 2.45) is 5.73 Å². The van der Waals surface area contributed by atoms with E-state index in [-0.39, 0.29) is 17.8 Å². The van der Waals surface area contributed by atoms with Gasteiger partial charge in [0.1, 0.15) is 10.6 Å². The fraction of sp³-hybridized carbons (Fsp3) is 0.294. The minimum Gasteiger partial charge on any atom is -0.351 e. The van der Waals surface area contributed by atoms with Gasteiger partial charge in [-0.1, -0.05) is 0 Å². The molecule has 3 aromatic rings. The molecule has 2 heterocycles. The molecule has 0 fully saturated rings. The number of thiophene rings is 1. The molecule has 1 atom stereocenters. The highest BCUT2D eigenvalue weighted by molar-refractivity contribution is 7.20. The number of aryl methyl sites for hydroxylation is 1. The van der Waals surface area contributed by atoms with Gasteiger partial charge in [0, 0.05) is 18.0 Å². The van der Waals surface area contributed by atoms with E-state index in [1.807, 2.05) is 19.9 Å². The van der Waals surface area contributed by atoms with Gasteiger partial charge in [0.25, 0.3) is 5.91 Å². The number of carbonyl (C=O) groups is 1. The lowest BCUT2D eigenvalue weighted by Crippen LogP contribution is -2.28. The molecule has 0 aliphatic heterocycles. The predicted molar refractivity (Wildman–Crippen MR) is 94.2 cm³/mol. The smallest absolute Gasteiger partial charge is 0.261 e. The summed E-state index contributed by atoms with van der Waals surface area (Å²) in [7, 11) is 0. The first kappa shape index (κ1) is 16.6. The van der Waals surface area contributed by atoms with E-state index in [2.05, 4.69) is 10.4 Å². The van der Waals surface area contributed by atoms with Gasteiger partial charge in [-0.15, -0.1) is 11.3 Å². The van der Waals surface area contributed by atoms with Crippen LogP contribution in [0.2, 0.25) is 0 Å². The third-order valence-corrected chi connectivity index (χ3v) is 4.83. The van der Waals surface area contributed by atoms with Crippen molar-refractivity contribution in [2.75, 3.05) is 6.54 Å². The number of amides is 1. The van der Waals surface area contributed by atoms with Crippen molar-refractivity contribution in [1.29, 1.82) is 0 Å². The normalized spacial score (nSPS) is 12.5. The number of hydrogen-bond donors (Lipinski definition) is 2. The maximum absolute atomic E-state index is 13.1. The number of hydrogen-bond acceptors (Lipinski definition) is 4. The summed E-state index contributed by atoms with van der Waals surface area (Å²) in [4.78, 5) is 13.8. The van der Waals surface area contributed by atoms with Crippen molar-refractivity contribution in [3.63, 3.8) is 0 Å². The Bertz CT molecular complexity index is 867. The largest absolute Gasteiger partial charge is 0.351 e. The van der Waals surface area contributed by atoms with Crippen LogP contribution in [0.3, 0.4) is 0 Å². The number of nitrogens with one attached hydrogen (secondary N) is 1. The van der Waals surface area contributed by atoms with Crippen LogP contribution < -0.4 is 11.1 Å². The average molecular weight is 346 g/mol. The second kappa shape index (κ2) is 6.70. The molecule has 126 valence electrons. The molecule has 0 aliphatic carbocycles. The summed E-state index contributed by atoms with van der Waals surface area (Å²) < 4.78 is 14.9. The van der Waals surface area contributed by atoms with Crippen LogP contribution in [0.15, 0.2) is 30.3 Å². The molecule has 0 spiro atoms. The monoisotopic (exact) mass is 346 g/mol. The molecule has 1 amide bonds. The van der Waals surface area contributed by atoms with Crippen LogP contribution in [0.1, 0.15) is 28.7 Å². The zero-order valence-corrected chi connectivity index (χ0v) is 14.4. The summed E-state index contributed by atoms with van der Waals surface area (Å²) in [6.07, 6.45) is 0.735. The number of rotatable bonds is 5.